The average molecular weight is 421 g/mol. The summed E-state index contributed by atoms with van der Waals surface area (Å²) >= 11 is 0. The lowest BCUT2D eigenvalue weighted by Crippen LogP contribution is -2.02. The van der Waals surface area contributed by atoms with Crippen LogP contribution in [-0.2, 0) is 16.0 Å². The molecule has 4 nitrogen and oxygen atoms in total. The lowest BCUT2D eigenvalue weighted by atomic mass is 10.0. The van der Waals surface area contributed by atoms with E-state index in [0.29, 0.717) is 0 Å². The Labute approximate surface area is 185 Å². The molecule has 0 aliphatic heterocycles. The maximum atomic E-state index is 12.2. The Balaban J connectivity index is 1.94. The number of carbonyl (C=O) groups excluding carboxylic acids is 2. The normalized spacial score (nSPS) is 11.2. The molecule has 0 fully saturated rings. The average Bonchev–Trinajstić information content (AvgIpc) is 2.77. The minimum Gasteiger partial charge on any atom is -0.496 e. The Morgan fingerprint density at radius 3 is 2.00 bits per heavy atom. The van der Waals surface area contributed by atoms with Crippen molar-refractivity contribution < 1.29 is 19.1 Å². The van der Waals surface area contributed by atoms with Crippen LogP contribution < -0.4 is 9.47 Å². The first-order valence-corrected chi connectivity index (χ1v) is 10.7. The Morgan fingerprint density at radius 1 is 0.839 bits per heavy atom. The Kier molecular flexibility index (Phi) is 9.76. The van der Waals surface area contributed by atoms with E-state index < -0.39 is 0 Å². The monoisotopic (exact) mass is 420 g/mol. The third-order valence-electron chi connectivity index (χ3n) is 5.06. The maximum absolute atomic E-state index is 12.2. The topological polar surface area (TPSA) is 52.6 Å². The van der Waals surface area contributed by atoms with E-state index in [2.05, 4.69) is 6.92 Å². The van der Waals surface area contributed by atoms with Gasteiger partial charge >= 0.3 is 0 Å². The Bertz CT molecular complexity index is 954. The predicted octanol–water partition coefficient (Wildman–Crippen LogP) is 6.00. The van der Waals surface area contributed by atoms with Gasteiger partial charge in [0.25, 0.3) is 0 Å². The van der Waals surface area contributed by atoms with Crippen molar-refractivity contribution >= 4 is 23.7 Å². The van der Waals surface area contributed by atoms with Crippen LogP contribution in [0.3, 0.4) is 0 Å². The summed E-state index contributed by atoms with van der Waals surface area (Å²) in [5, 5.41) is 0. The molecule has 0 atom stereocenters. The van der Waals surface area contributed by atoms with Gasteiger partial charge in [0.15, 0.2) is 11.6 Å². The van der Waals surface area contributed by atoms with Gasteiger partial charge in [0.2, 0.25) is 0 Å². The molecule has 0 spiro atoms. The van der Waals surface area contributed by atoms with Crippen molar-refractivity contribution in [3.63, 3.8) is 0 Å². The van der Waals surface area contributed by atoms with Crippen molar-refractivity contribution in [1.82, 2.24) is 0 Å². The van der Waals surface area contributed by atoms with E-state index in [-0.39, 0.29) is 18.0 Å². The van der Waals surface area contributed by atoms with Gasteiger partial charge in [0.1, 0.15) is 11.5 Å². The number of allylic oxidation sites excluding steroid dienone is 2. The molecule has 0 saturated carbocycles. The number of hydrogen-bond donors (Lipinski definition) is 0. The first-order chi connectivity index (χ1) is 15.0. The lowest BCUT2D eigenvalue weighted by molar-refractivity contribution is -0.121. The molecule has 0 bridgehead atoms. The molecule has 0 heterocycles. The van der Waals surface area contributed by atoms with Gasteiger partial charge in [-0.1, -0.05) is 56.2 Å². The van der Waals surface area contributed by atoms with E-state index in [0.717, 1.165) is 41.0 Å². The molecule has 164 valence electrons. The van der Waals surface area contributed by atoms with Crippen LogP contribution in [0.15, 0.2) is 48.6 Å². The van der Waals surface area contributed by atoms with Gasteiger partial charge < -0.3 is 9.47 Å². The molecular weight excluding hydrogens is 388 g/mol. The fourth-order valence-electron chi connectivity index (χ4n) is 3.24. The lowest BCUT2D eigenvalue weighted by Gasteiger charge is -2.09. The largest absolute Gasteiger partial charge is 0.496 e. The zero-order valence-electron chi connectivity index (χ0n) is 18.9. The predicted molar refractivity (Wildman–Crippen MR) is 127 cm³/mol. The second kappa shape index (κ2) is 12.5. The highest BCUT2D eigenvalue weighted by atomic mass is 16.5. The quantitative estimate of drug-likeness (QED) is 0.240. The van der Waals surface area contributed by atoms with Crippen LogP contribution in [0.1, 0.15) is 54.9 Å². The van der Waals surface area contributed by atoms with Crippen LogP contribution in [0.5, 0.6) is 11.5 Å². The van der Waals surface area contributed by atoms with Gasteiger partial charge in [-0.25, -0.2) is 0 Å². The number of rotatable bonds is 12. The van der Waals surface area contributed by atoms with Crippen molar-refractivity contribution in [1.29, 1.82) is 0 Å². The van der Waals surface area contributed by atoms with E-state index in [1.807, 2.05) is 43.3 Å². The van der Waals surface area contributed by atoms with Gasteiger partial charge in [-0.15, -0.1) is 0 Å². The molecule has 0 amide bonds. The molecule has 0 aromatic heterocycles. The molecule has 2 aromatic carbocycles. The molecular formula is C27H32O4. The Hall–Kier alpha value is -3.14. The zero-order valence-corrected chi connectivity index (χ0v) is 18.9. The third kappa shape index (κ3) is 7.89. The number of carbonyl (C=O) groups is 2. The first-order valence-electron chi connectivity index (χ1n) is 10.7. The number of ketones is 2. The molecule has 2 rings (SSSR count). The molecule has 0 saturated heterocycles. The Morgan fingerprint density at radius 2 is 1.42 bits per heavy atom. The molecule has 0 N–H and O–H groups in total. The fourth-order valence-corrected chi connectivity index (χ4v) is 3.24. The molecule has 4 heteroatoms. The zero-order chi connectivity index (χ0) is 22.6. The van der Waals surface area contributed by atoms with Crippen molar-refractivity contribution in [3.8, 4) is 11.5 Å². The van der Waals surface area contributed by atoms with Gasteiger partial charge in [-0.2, -0.15) is 0 Å². The fraction of sp³-hybridized carbons (Fsp3) is 0.333. The highest BCUT2D eigenvalue weighted by molar-refractivity contribution is 6.10. The summed E-state index contributed by atoms with van der Waals surface area (Å²) < 4.78 is 10.8. The smallest absolute Gasteiger partial charge is 0.163 e. The maximum Gasteiger partial charge on any atom is 0.163 e. The minimum absolute atomic E-state index is 0.164. The number of benzene rings is 2. The van der Waals surface area contributed by atoms with Crippen LogP contribution in [-0.4, -0.2) is 25.8 Å². The van der Waals surface area contributed by atoms with Crippen molar-refractivity contribution in [2.24, 2.45) is 0 Å². The van der Waals surface area contributed by atoms with E-state index in [9.17, 15) is 9.59 Å². The molecule has 31 heavy (non-hydrogen) atoms. The summed E-state index contributed by atoms with van der Waals surface area (Å²) in [6.45, 7) is 4.14. The second-order valence-electron chi connectivity index (χ2n) is 7.53. The first kappa shape index (κ1) is 24.1. The number of unbranched alkanes of at least 4 members (excludes halogenated alkanes) is 2. The summed E-state index contributed by atoms with van der Waals surface area (Å²) in [6.07, 6.45) is 10.6. The van der Waals surface area contributed by atoms with Gasteiger partial charge in [0.05, 0.1) is 20.6 Å². The second-order valence-corrected chi connectivity index (χ2v) is 7.53. The van der Waals surface area contributed by atoms with Gasteiger partial charge in [-0.05, 0) is 66.3 Å². The molecule has 0 aliphatic carbocycles. The van der Waals surface area contributed by atoms with Gasteiger partial charge in [0, 0.05) is 0 Å². The molecule has 2 aromatic rings. The standard InChI is InChI=1S/C27H32O4/c1-5-6-7-8-23-14-11-22(18-27(23)31-4)13-16-25(29)19-24(28)15-12-21-10-9-20(2)26(17-21)30-3/h9-18H,5-8,19H2,1-4H3/b15-12+,16-13-. The van der Waals surface area contributed by atoms with Crippen molar-refractivity contribution in [2.45, 2.75) is 46.0 Å². The van der Waals surface area contributed by atoms with E-state index in [1.165, 1.54) is 30.6 Å². The van der Waals surface area contributed by atoms with Crippen LogP contribution in [0.4, 0.5) is 0 Å². The number of methoxy groups -OCH3 is 2. The molecule has 0 aliphatic rings. The number of aryl methyl sites for hydroxylation is 2. The highest BCUT2D eigenvalue weighted by Crippen LogP contribution is 2.23. The summed E-state index contributed by atoms with van der Waals surface area (Å²) in [6, 6.07) is 11.6. The van der Waals surface area contributed by atoms with Crippen LogP contribution in [0.2, 0.25) is 0 Å². The molecule has 0 unspecified atom stereocenters. The van der Waals surface area contributed by atoms with Crippen LogP contribution in [0, 0.1) is 6.92 Å². The number of ether oxygens (including phenoxy) is 2. The number of hydrogen-bond acceptors (Lipinski definition) is 4. The minimum atomic E-state index is -0.238. The SMILES string of the molecule is CCCCCc1ccc(/C=C\C(=O)CC(=O)/C=C/c2ccc(C)c(OC)c2)cc1OC. The van der Waals surface area contributed by atoms with Crippen LogP contribution >= 0.6 is 0 Å². The summed E-state index contributed by atoms with van der Waals surface area (Å²) in [5.41, 5.74) is 3.92. The van der Waals surface area contributed by atoms with Gasteiger partial charge in [-0.3, -0.25) is 9.59 Å². The summed E-state index contributed by atoms with van der Waals surface area (Å²) in [4.78, 5) is 24.3. The van der Waals surface area contributed by atoms with E-state index >= 15 is 0 Å². The van der Waals surface area contributed by atoms with Crippen molar-refractivity contribution in [3.05, 3.63) is 70.8 Å². The molecule has 0 radical (unpaired) electrons. The summed E-state index contributed by atoms with van der Waals surface area (Å²) in [7, 11) is 3.27. The van der Waals surface area contributed by atoms with E-state index in [1.54, 1.807) is 26.4 Å². The van der Waals surface area contributed by atoms with Crippen molar-refractivity contribution in [2.75, 3.05) is 14.2 Å². The summed E-state index contributed by atoms with van der Waals surface area (Å²) in [5.74, 6) is 1.12. The highest BCUT2D eigenvalue weighted by Gasteiger charge is 2.06. The van der Waals surface area contributed by atoms with E-state index in [4.69, 9.17) is 9.47 Å². The van der Waals surface area contributed by atoms with Crippen LogP contribution in [0.25, 0.3) is 12.2 Å². The third-order valence-corrected chi connectivity index (χ3v) is 5.06.